The predicted octanol–water partition coefficient (Wildman–Crippen LogP) is 16.6. The lowest BCUT2D eigenvalue weighted by Gasteiger charge is -2.40. The molecule has 0 bridgehead atoms. The molecule has 0 N–H and O–H groups in total. The summed E-state index contributed by atoms with van der Waals surface area (Å²) in [6, 6.07) is 86.0. The van der Waals surface area contributed by atoms with Crippen LogP contribution < -0.4 is 4.90 Å². The Morgan fingerprint density at radius 1 is 0.359 bits per heavy atom. The molecule has 1 unspecified atom stereocenters. The van der Waals surface area contributed by atoms with E-state index in [9.17, 15) is 0 Å². The number of hydrogen-bond donors (Lipinski definition) is 0. The van der Waals surface area contributed by atoms with E-state index in [0.29, 0.717) is 0 Å². The van der Waals surface area contributed by atoms with Gasteiger partial charge in [0.2, 0.25) is 0 Å². The summed E-state index contributed by atoms with van der Waals surface area (Å²) >= 11 is 1.86. The zero-order valence-corrected chi connectivity index (χ0v) is 35.6. The van der Waals surface area contributed by atoms with Crippen molar-refractivity contribution in [2.75, 3.05) is 4.90 Å². The van der Waals surface area contributed by atoms with E-state index >= 15 is 0 Å². The van der Waals surface area contributed by atoms with Gasteiger partial charge < -0.3 is 9.47 Å². The molecule has 298 valence electrons. The number of anilines is 3. The third-order valence-corrected chi connectivity index (χ3v) is 15.2. The minimum atomic E-state index is -0.568. The van der Waals surface area contributed by atoms with Crippen molar-refractivity contribution in [1.82, 2.24) is 4.57 Å². The fourth-order valence-corrected chi connectivity index (χ4v) is 12.5. The molecule has 10 aromatic carbocycles. The van der Waals surface area contributed by atoms with E-state index in [0.717, 1.165) is 17.1 Å². The van der Waals surface area contributed by atoms with Gasteiger partial charge in [-0.15, -0.1) is 11.3 Å². The molecule has 14 rings (SSSR count). The van der Waals surface area contributed by atoms with Crippen LogP contribution in [0.5, 0.6) is 0 Å². The number of rotatable bonds is 5. The highest BCUT2D eigenvalue weighted by Gasteiger charge is 2.51. The third-order valence-electron chi connectivity index (χ3n) is 14.0. The molecule has 2 nitrogen and oxygen atoms in total. The van der Waals surface area contributed by atoms with E-state index in [-0.39, 0.29) is 0 Å². The summed E-state index contributed by atoms with van der Waals surface area (Å²) in [7, 11) is 0. The molecule has 1 aliphatic heterocycles. The van der Waals surface area contributed by atoms with Gasteiger partial charge in [-0.2, -0.15) is 0 Å². The fraction of sp³-hybridized carbons (Fsp3) is 0.0164. The average Bonchev–Trinajstić information content (AvgIpc) is 4.01. The van der Waals surface area contributed by atoms with Crippen molar-refractivity contribution in [3.63, 3.8) is 0 Å². The second-order valence-electron chi connectivity index (χ2n) is 17.1. The minimum Gasteiger partial charge on any atom is -0.310 e. The molecule has 2 aromatic heterocycles. The second-order valence-corrected chi connectivity index (χ2v) is 18.2. The number of aromatic nitrogens is 1. The molecule has 0 amide bonds. The first-order valence-electron chi connectivity index (χ1n) is 22.1. The highest BCUT2D eigenvalue weighted by atomic mass is 32.1. The molecular weight excluding hydrogens is 793 g/mol. The topological polar surface area (TPSA) is 8.17 Å². The molecule has 2 aliphatic rings. The van der Waals surface area contributed by atoms with Crippen LogP contribution in [0.15, 0.2) is 231 Å². The summed E-state index contributed by atoms with van der Waals surface area (Å²) in [5.41, 5.74) is 19.1. The number of nitrogens with zero attached hydrogens (tertiary/aromatic N) is 2. The molecule has 3 heterocycles. The van der Waals surface area contributed by atoms with Gasteiger partial charge in [-0.3, -0.25) is 0 Å². The zero-order valence-electron chi connectivity index (χ0n) is 34.7. The third kappa shape index (κ3) is 4.79. The Bertz CT molecular complexity index is 3870. The maximum Gasteiger partial charge on any atom is 0.0755 e. The van der Waals surface area contributed by atoms with Gasteiger partial charge in [-0.1, -0.05) is 176 Å². The average molecular weight is 831 g/mol. The summed E-state index contributed by atoms with van der Waals surface area (Å²) in [4.78, 5) is 2.52. The molecule has 12 aromatic rings. The van der Waals surface area contributed by atoms with Crippen LogP contribution in [-0.2, 0) is 5.41 Å². The lowest BCUT2D eigenvalue weighted by molar-refractivity contribution is 0.748. The normalized spacial score (nSPS) is 14.6. The van der Waals surface area contributed by atoms with Crippen LogP contribution in [0, 0.1) is 0 Å². The van der Waals surface area contributed by atoms with E-state index in [1.54, 1.807) is 0 Å². The zero-order chi connectivity index (χ0) is 41.9. The quantitative estimate of drug-likeness (QED) is 0.168. The Morgan fingerprint density at radius 2 is 0.969 bits per heavy atom. The standard InChI is InChI=1S/C61H38N2S/c1-2-17-39(18-3-1)42-19-4-5-20-43(42)46-22-7-12-29-55(46)62(40-34-36-59-50(37-40)48-24-9-15-32-58(48)64-59)41-33-35-45-44-21-6-10-26-51(44)61(54(45)38-41)52-27-11-14-31-57(52)63-56-30-13-8-23-47(56)49-25-16-28-53(61)60(49)63/h1-38H. The van der Waals surface area contributed by atoms with Crippen LogP contribution in [0.2, 0.25) is 0 Å². The second kappa shape index (κ2) is 13.5. The largest absolute Gasteiger partial charge is 0.310 e. The monoisotopic (exact) mass is 830 g/mol. The number of hydrogen-bond acceptors (Lipinski definition) is 2. The highest BCUT2D eigenvalue weighted by Crippen LogP contribution is 2.62. The molecule has 0 saturated carbocycles. The lowest BCUT2D eigenvalue weighted by Crippen LogP contribution is -2.33. The van der Waals surface area contributed by atoms with Crippen molar-refractivity contribution >= 4 is 70.4 Å². The molecule has 0 fully saturated rings. The first-order chi connectivity index (χ1) is 31.8. The van der Waals surface area contributed by atoms with Crippen molar-refractivity contribution in [3.8, 4) is 39.1 Å². The number of benzene rings is 10. The predicted molar refractivity (Wildman–Crippen MR) is 270 cm³/mol. The molecule has 3 heteroatoms. The summed E-state index contributed by atoms with van der Waals surface area (Å²) < 4.78 is 5.12. The van der Waals surface area contributed by atoms with Gasteiger partial charge >= 0.3 is 0 Å². The summed E-state index contributed by atoms with van der Waals surface area (Å²) in [5, 5.41) is 5.13. The van der Waals surface area contributed by atoms with Crippen LogP contribution in [-0.4, -0.2) is 4.57 Å². The van der Waals surface area contributed by atoms with E-state index < -0.39 is 5.41 Å². The van der Waals surface area contributed by atoms with Crippen LogP contribution in [0.4, 0.5) is 17.1 Å². The molecule has 1 aliphatic carbocycles. The van der Waals surface area contributed by atoms with Gasteiger partial charge in [-0.25, -0.2) is 0 Å². The van der Waals surface area contributed by atoms with Gasteiger partial charge in [0.15, 0.2) is 0 Å². The SMILES string of the molecule is c1ccc(-c2ccccc2-c2ccccc2N(c2ccc3c(c2)C2(c4ccccc4-3)c3ccccc3-n3c4ccccc4c4cccc2c43)c2ccc3sc4ccccc4c3c2)cc1. The van der Waals surface area contributed by atoms with Gasteiger partial charge in [0.1, 0.15) is 0 Å². The molecule has 1 spiro atoms. The maximum atomic E-state index is 2.53. The van der Waals surface area contributed by atoms with Crippen LogP contribution >= 0.6 is 11.3 Å². The van der Waals surface area contributed by atoms with Gasteiger partial charge in [0.25, 0.3) is 0 Å². The van der Waals surface area contributed by atoms with Crippen molar-refractivity contribution in [1.29, 1.82) is 0 Å². The Morgan fingerprint density at radius 3 is 1.86 bits per heavy atom. The van der Waals surface area contributed by atoms with E-state index in [2.05, 4.69) is 240 Å². The first-order valence-corrected chi connectivity index (χ1v) is 22.9. The van der Waals surface area contributed by atoms with Crippen LogP contribution in [0.25, 0.3) is 81.0 Å². The van der Waals surface area contributed by atoms with E-state index in [4.69, 9.17) is 0 Å². The number of fused-ring (bicyclic) bond motifs is 15. The number of thiophene rings is 1. The van der Waals surface area contributed by atoms with E-state index in [1.165, 1.54) is 103 Å². The summed E-state index contributed by atoms with van der Waals surface area (Å²) in [6.45, 7) is 0. The van der Waals surface area contributed by atoms with Crippen molar-refractivity contribution in [2.24, 2.45) is 0 Å². The summed E-state index contributed by atoms with van der Waals surface area (Å²) in [5.74, 6) is 0. The van der Waals surface area contributed by atoms with Gasteiger partial charge in [0, 0.05) is 47.9 Å². The van der Waals surface area contributed by atoms with Crippen molar-refractivity contribution < 1.29 is 0 Å². The molecule has 0 saturated heterocycles. The smallest absolute Gasteiger partial charge is 0.0755 e. The Hall–Kier alpha value is -7.98. The Labute approximate surface area is 375 Å². The van der Waals surface area contributed by atoms with Gasteiger partial charge in [-0.05, 0) is 105 Å². The first kappa shape index (κ1) is 35.6. The van der Waals surface area contributed by atoms with Crippen LogP contribution in [0.1, 0.15) is 22.3 Å². The minimum absolute atomic E-state index is 0.568. The molecule has 0 radical (unpaired) electrons. The maximum absolute atomic E-state index is 2.53. The molecule has 1 atom stereocenters. The Kier molecular flexibility index (Phi) is 7.51. The molecule has 64 heavy (non-hydrogen) atoms. The van der Waals surface area contributed by atoms with Crippen LogP contribution in [0.3, 0.4) is 0 Å². The summed E-state index contributed by atoms with van der Waals surface area (Å²) in [6.07, 6.45) is 0. The Balaban J connectivity index is 1.08. The van der Waals surface area contributed by atoms with Crippen molar-refractivity contribution in [2.45, 2.75) is 5.41 Å². The van der Waals surface area contributed by atoms with E-state index in [1.807, 2.05) is 11.3 Å². The highest BCUT2D eigenvalue weighted by molar-refractivity contribution is 7.25. The lowest BCUT2D eigenvalue weighted by atomic mass is 9.65. The van der Waals surface area contributed by atoms with Gasteiger partial charge in [0.05, 0.1) is 27.8 Å². The number of para-hydroxylation sites is 4. The fourth-order valence-electron chi connectivity index (χ4n) is 11.5. The van der Waals surface area contributed by atoms with Crippen molar-refractivity contribution in [3.05, 3.63) is 253 Å². The molecular formula is C61H38N2S.